The van der Waals surface area contributed by atoms with Gasteiger partial charge in [0.05, 0.1) is 18.3 Å². The lowest BCUT2D eigenvalue weighted by atomic mass is 10.1. The quantitative estimate of drug-likeness (QED) is 0.538. The second-order valence-corrected chi connectivity index (χ2v) is 8.47. The maximum Gasteiger partial charge on any atom is 0.265 e. The average molecular weight is 364 g/mol. The molecule has 3 nitrogen and oxygen atoms in total. The molecule has 1 aromatic rings. The molecule has 4 rings (SSSR count). The van der Waals surface area contributed by atoms with Gasteiger partial charge in [-0.15, -0.1) is 23.5 Å². The Morgan fingerprint density at radius 2 is 1.88 bits per heavy atom. The molecule has 124 valence electrons. The van der Waals surface area contributed by atoms with Gasteiger partial charge in [-0.25, -0.2) is 10.1 Å². The number of allylic oxidation sites excluding steroid dienone is 5. The van der Waals surface area contributed by atoms with E-state index in [2.05, 4.69) is 34.0 Å². The van der Waals surface area contributed by atoms with Gasteiger partial charge in [0.15, 0.2) is 0 Å². The highest BCUT2D eigenvalue weighted by Gasteiger charge is 2.24. The molecular weight excluding hydrogens is 346 g/mol. The fourth-order valence-corrected chi connectivity index (χ4v) is 5.75. The Balaban J connectivity index is 1.61. The number of nitriles is 1. The monoisotopic (exact) mass is 363 g/mol. The molecule has 0 N–H and O–H groups in total. The van der Waals surface area contributed by atoms with Gasteiger partial charge in [-0.3, -0.25) is 0 Å². The summed E-state index contributed by atoms with van der Waals surface area (Å²) in [6.45, 7) is 9.39. The maximum absolute atomic E-state index is 9.00. The minimum atomic E-state index is 0.231. The first-order valence-electron chi connectivity index (χ1n) is 8.36. The molecule has 2 aliphatic heterocycles. The van der Waals surface area contributed by atoms with Crippen molar-refractivity contribution in [1.82, 2.24) is 0 Å². The molecule has 0 fully saturated rings. The van der Waals surface area contributed by atoms with Crippen LogP contribution in [0.1, 0.15) is 18.4 Å². The smallest absolute Gasteiger partial charge is 0.265 e. The molecule has 0 unspecified atom stereocenters. The molecular formula is C20H17N3S2. The number of hydrogen-bond acceptors (Lipinski definition) is 4. The van der Waals surface area contributed by atoms with Crippen molar-refractivity contribution in [3.63, 3.8) is 0 Å². The summed E-state index contributed by atoms with van der Waals surface area (Å²) in [5.41, 5.74) is 4.97. The standard InChI is InChI=1S/C20H17N3S2/c1-22-17(13-21)16-5-4-14(10-16)2-3-15-11-18-20-19(12-15)25-9-7-23(20)6-8-24-18/h2-3,10-12H,4-9H2. The van der Waals surface area contributed by atoms with Gasteiger partial charge in [-0.1, -0.05) is 18.2 Å². The van der Waals surface area contributed by atoms with Gasteiger partial charge in [0, 0.05) is 34.4 Å². The number of anilines is 1. The highest BCUT2D eigenvalue weighted by Crippen LogP contribution is 2.45. The van der Waals surface area contributed by atoms with E-state index in [0.29, 0.717) is 0 Å². The zero-order valence-corrected chi connectivity index (χ0v) is 15.4. The molecule has 25 heavy (non-hydrogen) atoms. The Hall–Kier alpha value is -2.08. The lowest BCUT2D eigenvalue weighted by molar-refractivity contribution is 0.830. The average Bonchev–Trinajstić information content (AvgIpc) is 3.10. The zero-order valence-electron chi connectivity index (χ0n) is 13.8. The Morgan fingerprint density at radius 1 is 1.16 bits per heavy atom. The van der Waals surface area contributed by atoms with Crippen LogP contribution in [0.5, 0.6) is 0 Å². The van der Waals surface area contributed by atoms with Crippen molar-refractivity contribution < 1.29 is 0 Å². The SMILES string of the molecule is [C-]#[N+]C(C#N)=C1C=C(C=Cc2cc3c4c(c2)SCCN4CCS3)CC1. The Morgan fingerprint density at radius 3 is 2.52 bits per heavy atom. The summed E-state index contributed by atoms with van der Waals surface area (Å²) in [4.78, 5) is 8.64. The van der Waals surface area contributed by atoms with E-state index in [4.69, 9.17) is 11.8 Å². The van der Waals surface area contributed by atoms with Crippen molar-refractivity contribution >= 4 is 35.3 Å². The second kappa shape index (κ2) is 7.04. The third-order valence-electron chi connectivity index (χ3n) is 4.67. The van der Waals surface area contributed by atoms with E-state index in [1.165, 1.54) is 26.6 Å². The molecule has 1 aliphatic carbocycles. The van der Waals surface area contributed by atoms with Gasteiger partial charge >= 0.3 is 0 Å². The number of hydrogen-bond donors (Lipinski definition) is 0. The first-order valence-corrected chi connectivity index (χ1v) is 10.3. The molecule has 5 heteroatoms. The molecule has 0 atom stereocenters. The first kappa shape index (κ1) is 16.4. The topological polar surface area (TPSA) is 31.4 Å². The molecule has 0 spiro atoms. The highest BCUT2D eigenvalue weighted by molar-refractivity contribution is 8.00. The van der Waals surface area contributed by atoms with Crippen LogP contribution < -0.4 is 4.90 Å². The van der Waals surface area contributed by atoms with Gasteiger partial charge < -0.3 is 4.90 Å². The van der Waals surface area contributed by atoms with Crippen LogP contribution in [-0.2, 0) is 0 Å². The highest BCUT2D eigenvalue weighted by atomic mass is 32.2. The maximum atomic E-state index is 9.00. The van der Waals surface area contributed by atoms with Crippen LogP contribution >= 0.6 is 23.5 Å². The van der Waals surface area contributed by atoms with Crippen LogP contribution in [0.2, 0.25) is 0 Å². The Labute approximate surface area is 156 Å². The molecule has 3 aliphatic rings. The summed E-state index contributed by atoms with van der Waals surface area (Å²) in [7, 11) is 0. The second-order valence-electron chi connectivity index (χ2n) is 6.20. The largest absolute Gasteiger partial charge is 0.368 e. The predicted molar refractivity (Wildman–Crippen MR) is 106 cm³/mol. The fourth-order valence-electron chi connectivity index (χ4n) is 3.43. The van der Waals surface area contributed by atoms with Crippen molar-refractivity contribution in [1.29, 1.82) is 5.26 Å². The molecule has 2 heterocycles. The van der Waals surface area contributed by atoms with Gasteiger partial charge in [-0.05, 0) is 41.7 Å². The van der Waals surface area contributed by atoms with Gasteiger partial charge in [-0.2, -0.15) is 0 Å². The van der Waals surface area contributed by atoms with E-state index in [-0.39, 0.29) is 5.70 Å². The summed E-state index contributed by atoms with van der Waals surface area (Å²) >= 11 is 3.92. The predicted octanol–water partition coefficient (Wildman–Crippen LogP) is 5.13. The van der Waals surface area contributed by atoms with Crippen LogP contribution in [0.3, 0.4) is 0 Å². The molecule has 0 radical (unpaired) electrons. The van der Waals surface area contributed by atoms with Gasteiger partial charge in [0.2, 0.25) is 0 Å². The van der Waals surface area contributed by atoms with E-state index >= 15 is 0 Å². The van der Waals surface area contributed by atoms with Crippen molar-refractivity contribution in [2.75, 3.05) is 29.5 Å². The lowest BCUT2D eigenvalue weighted by Crippen LogP contribution is -2.34. The third-order valence-corrected chi connectivity index (χ3v) is 6.69. The van der Waals surface area contributed by atoms with Crippen molar-refractivity contribution in [3.05, 3.63) is 58.1 Å². The summed E-state index contributed by atoms with van der Waals surface area (Å²) in [6.07, 6.45) is 8.01. The van der Waals surface area contributed by atoms with Gasteiger partial charge in [0.25, 0.3) is 5.70 Å². The Kier molecular flexibility index (Phi) is 4.61. The van der Waals surface area contributed by atoms with Crippen molar-refractivity contribution in [3.8, 4) is 6.07 Å². The number of thioether (sulfide) groups is 2. The third kappa shape index (κ3) is 3.23. The van der Waals surface area contributed by atoms with Crippen LogP contribution in [0.4, 0.5) is 5.69 Å². The zero-order chi connectivity index (χ0) is 17.2. The number of rotatable bonds is 2. The van der Waals surface area contributed by atoms with Crippen molar-refractivity contribution in [2.24, 2.45) is 0 Å². The number of benzene rings is 1. The fraction of sp³-hybridized carbons (Fsp3) is 0.300. The summed E-state index contributed by atoms with van der Waals surface area (Å²) < 4.78 is 0. The molecule has 0 bridgehead atoms. The molecule has 0 amide bonds. The summed E-state index contributed by atoms with van der Waals surface area (Å²) in [5.74, 6) is 2.33. The molecule has 0 aromatic heterocycles. The first-order chi connectivity index (χ1) is 12.3. The molecule has 1 aromatic carbocycles. The normalized spacial score (nSPS) is 20.7. The lowest BCUT2D eigenvalue weighted by Gasteiger charge is -2.36. The van der Waals surface area contributed by atoms with Gasteiger partial charge in [0.1, 0.15) is 0 Å². The summed E-state index contributed by atoms with van der Waals surface area (Å²) in [5, 5.41) is 9.00. The number of nitrogens with zero attached hydrogens (tertiary/aromatic N) is 3. The van der Waals surface area contributed by atoms with Crippen LogP contribution in [-0.4, -0.2) is 24.6 Å². The van der Waals surface area contributed by atoms with E-state index in [1.807, 2.05) is 35.7 Å². The van der Waals surface area contributed by atoms with Crippen LogP contribution in [0.25, 0.3) is 10.9 Å². The van der Waals surface area contributed by atoms with Crippen molar-refractivity contribution in [2.45, 2.75) is 22.6 Å². The Bertz CT molecular complexity index is 849. The molecule has 0 saturated carbocycles. The van der Waals surface area contributed by atoms with E-state index in [1.54, 1.807) is 0 Å². The van der Waals surface area contributed by atoms with Crippen LogP contribution in [0, 0.1) is 17.9 Å². The van der Waals surface area contributed by atoms with Crippen LogP contribution in [0.15, 0.2) is 50.9 Å². The minimum Gasteiger partial charge on any atom is -0.368 e. The minimum absolute atomic E-state index is 0.231. The molecule has 0 saturated heterocycles. The van der Waals surface area contributed by atoms with E-state index < -0.39 is 0 Å². The summed E-state index contributed by atoms with van der Waals surface area (Å²) in [6, 6.07) is 6.59. The van der Waals surface area contributed by atoms with E-state index in [9.17, 15) is 0 Å². The van der Waals surface area contributed by atoms with E-state index in [0.717, 1.165) is 43.0 Å².